The Balaban J connectivity index is 1.96. The number of carbonyl (C=O) groups excluding carboxylic acids is 1. The van der Waals surface area contributed by atoms with E-state index >= 15 is 0 Å². The molecule has 5 unspecified atom stereocenters. The average Bonchev–Trinajstić information content (AvgIpc) is 2.58. The molecular weight excluding hydrogens is 328 g/mol. The maximum absolute atomic E-state index is 12.7. The van der Waals surface area contributed by atoms with Crippen molar-refractivity contribution < 1.29 is 19.4 Å². The molecule has 4 heteroatoms. The first-order chi connectivity index (χ1) is 12.3. The summed E-state index contributed by atoms with van der Waals surface area (Å²) in [5, 5.41) is 9.49. The van der Waals surface area contributed by atoms with E-state index in [1.807, 2.05) is 0 Å². The molecule has 0 aromatic carbocycles. The molecule has 0 bridgehead atoms. The third-order valence-electron chi connectivity index (χ3n) is 7.01. The largest absolute Gasteiger partial charge is 0.481 e. The fraction of sp³-hybridized carbons (Fsp3) is 0.909. The monoisotopic (exact) mass is 366 g/mol. The third kappa shape index (κ3) is 5.23. The molecule has 2 aliphatic carbocycles. The molecule has 0 saturated heterocycles. The number of rotatable bonds is 7. The first kappa shape index (κ1) is 21.2. The summed E-state index contributed by atoms with van der Waals surface area (Å²) in [6.45, 7) is 9.46. The van der Waals surface area contributed by atoms with E-state index in [-0.39, 0.29) is 5.97 Å². The van der Waals surface area contributed by atoms with Crippen molar-refractivity contribution in [3.8, 4) is 0 Å². The van der Waals surface area contributed by atoms with E-state index in [2.05, 4.69) is 27.7 Å². The van der Waals surface area contributed by atoms with Crippen molar-refractivity contribution in [3.05, 3.63) is 0 Å². The van der Waals surface area contributed by atoms with Crippen LogP contribution in [0.3, 0.4) is 0 Å². The molecule has 0 aromatic rings. The maximum Gasteiger partial charge on any atom is 0.309 e. The Hall–Kier alpha value is -1.06. The van der Waals surface area contributed by atoms with Crippen molar-refractivity contribution in [1.82, 2.24) is 0 Å². The molecule has 0 aliphatic heterocycles. The van der Waals surface area contributed by atoms with Crippen LogP contribution in [0.25, 0.3) is 0 Å². The molecule has 1 N–H and O–H groups in total. The van der Waals surface area contributed by atoms with E-state index in [4.69, 9.17) is 4.74 Å². The lowest BCUT2D eigenvalue weighted by molar-refractivity contribution is -0.162. The summed E-state index contributed by atoms with van der Waals surface area (Å²) in [7, 11) is 0. The van der Waals surface area contributed by atoms with Crippen molar-refractivity contribution in [3.63, 3.8) is 0 Å². The average molecular weight is 367 g/mol. The van der Waals surface area contributed by atoms with Gasteiger partial charge in [0.25, 0.3) is 0 Å². The van der Waals surface area contributed by atoms with Gasteiger partial charge in [0.05, 0.1) is 18.4 Å². The molecule has 26 heavy (non-hydrogen) atoms. The molecule has 5 atom stereocenters. The third-order valence-corrected chi connectivity index (χ3v) is 7.01. The second-order valence-corrected chi connectivity index (χ2v) is 9.49. The zero-order chi connectivity index (χ0) is 19.3. The number of unbranched alkanes of at least 4 members (excludes halogenated alkanes) is 1. The van der Waals surface area contributed by atoms with Crippen molar-refractivity contribution in [1.29, 1.82) is 0 Å². The van der Waals surface area contributed by atoms with Gasteiger partial charge < -0.3 is 9.84 Å². The van der Waals surface area contributed by atoms with Gasteiger partial charge in [-0.1, -0.05) is 47.0 Å². The fourth-order valence-electron chi connectivity index (χ4n) is 5.33. The highest BCUT2D eigenvalue weighted by molar-refractivity contribution is 5.81. The van der Waals surface area contributed by atoms with E-state index in [1.165, 1.54) is 32.1 Å². The summed E-state index contributed by atoms with van der Waals surface area (Å²) >= 11 is 0. The number of carboxylic acids is 1. The lowest BCUT2D eigenvalue weighted by Crippen LogP contribution is -2.40. The van der Waals surface area contributed by atoms with Crippen molar-refractivity contribution in [2.45, 2.75) is 85.5 Å². The first-order valence-electron chi connectivity index (χ1n) is 10.7. The van der Waals surface area contributed by atoms with Crippen LogP contribution < -0.4 is 0 Å². The molecule has 150 valence electrons. The van der Waals surface area contributed by atoms with Gasteiger partial charge in [0.2, 0.25) is 0 Å². The van der Waals surface area contributed by atoms with Crippen LogP contribution in [0.2, 0.25) is 0 Å². The Labute approximate surface area is 159 Å². The maximum atomic E-state index is 12.7. The number of aliphatic carboxylic acids is 1. The standard InChI is InChI=1S/C22H38O4/c1-5-6-9-19-16(8-7-12-22(19,3)4)14-26-21(25)17-11-10-15(2)13-18(17)20(23)24/h15-19H,5-14H2,1-4H3,(H,23,24). The predicted molar refractivity (Wildman–Crippen MR) is 103 cm³/mol. The minimum absolute atomic E-state index is 0.276. The number of esters is 1. The van der Waals surface area contributed by atoms with Gasteiger partial charge in [0, 0.05) is 0 Å². The van der Waals surface area contributed by atoms with E-state index < -0.39 is 17.8 Å². The summed E-state index contributed by atoms with van der Waals surface area (Å²) in [6.07, 6.45) is 9.32. The Morgan fingerprint density at radius 2 is 1.88 bits per heavy atom. The minimum atomic E-state index is -0.849. The highest BCUT2D eigenvalue weighted by Crippen LogP contribution is 2.46. The first-order valence-corrected chi connectivity index (χ1v) is 10.7. The summed E-state index contributed by atoms with van der Waals surface area (Å²) in [4.78, 5) is 24.2. The topological polar surface area (TPSA) is 63.6 Å². The number of carbonyl (C=O) groups is 2. The molecular formula is C22H38O4. The molecule has 2 rings (SSSR count). The van der Waals surface area contributed by atoms with Crippen LogP contribution in [-0.4, -0.2) is 23.7 Å². The molecule has 4 nitrogen and oxygen atoms in total. The van der Waals surface area contributed by atoms with Gasteiger partial charge in [-0.15, -0.1) is 0 Å². The van der Waals surface area contributed by atoms with Gasteiger partial charge in [-0.25, -0.2) is 0 Å². The van der Waals surface area contributed by atoms with E-state index in [0.29, 0.717) is 42.6 Å². The molecule has 0 heterocycles. The number of hydrogen-bond acceptors (Lipinski definition) is 3. The lowest BCUT2D eigenvalue weighted by Gasteiger charge is -2.44. The smallest absolute Gasteiger partial charge is 0.309 e. The van der Waals surface area contributed by atoms with Gasteiger partial charge in [0.15, 0.2) is 0 Å². The van der Waals surface area contributed by atoms with Crippen LogP contribution in [0.5, 0.6) is 0 Å². The summed E-state index contributed by atoms with van der Waals surface area (Å²) in [5.41, 5.74) is 0.300. The zero-order valence-corrected chi connectivity index (χ0v) is 17.1. The van der Waals surface area contributed by atoms with Gasteiger partial charge in [-0.05, 0) is 61.7 Å². The number of carboxylic acid groups (broad SMARTS) is 1. The van der Waals surface area contributed by atoms with Gasteiger partial charge >= 0.3 is 11.9 Å². The molecule has 0 spiro atoms. The quantitative estimate of drug-likeness (QED) is 0.621. The highest BCUT2D eigenvalue weighted by Gasteiger charge is 2.41. The summed E-state index contributed by atoms with van der Waals surface area (Å²) < 4.78 is 5.74. The molecule has 2 aliphatic rings. The number of hydrogen-bond donors (Lipinski definition) is 1. The van der Waals surface area contributed by atoms with Crippen LogP contribution in [0.4, 0.5) is 0 Å². The molecule has 0 amide bonds. The van der Waals surface area contributed by atoms with Crippen molar-refractivity contribution >= 4 is 11.9 Å². The van der Waals surface area contributed by atoms with Crippen LogP contribution in [0.15, 0.2) is 0 Å². The van der Waals surface area contributed by atoms with Gasteiger partial charge in [0.1, 0.15) is 0 Å². The summed E-state index contributed by atoms with van der Waals surface area (Å²) in [6, 6.07) is 0. The van der Waals surface area contributed by atoms with Gasteiger partial charge in [-0.3, -0.25) is 9.59 Å². The van der Waals surface area contributed by atoms with Crippen LogP contribution in [-0.2, 0) is 14.3 Å². The van der Waals surface area contributed by atoms with E-state index in [9.17, 15) is 14.7 Å². The molecule has 0 radical (unpaired) electrons. The fourth-order valence-corrected chi connectivity index (χ4v) is 5.33. The Bertz CT molecular complexity index is 485. The highest BCUT2D eigenvalue weighted by atomic mass is 16.5. The Morgan fingerprint density at radius 1 is 1.15 bits per heavy atom. The zero-order valence-electron chi connectivity index (χ0n) is 17.1. The minimum Gasteiger partial charge on any atom is -0.481 e. The normalized spacial score (nSPS) is 34.2. The molecule has 0 aromatic heterocycles. The Morgan fingerprint density at radius 3 is 2.54 bits per heavy atom. The number of ether oxygens (including phenoxy) is 1. The van der Waals surface area contributed by atoms with E-state index in [1.54, 1.807) is 0 Å². The van der Waals surface area contributed by atoms with Crippen LogP contribution in [0, 0.1) is 35.0 Å². The van der Waals surface area contributed by atoms with Gasteiger partial charge in [-0.2, -0.15) is 0 Å². The molecule has 2 saturated carbocycles. The van der Waals surface area contributed by atoms with Crippen LogP contribution >= 0.6 is 0 Å². The van der Waals surface area contributed by atoms with Crippen molar-refractivity contribution in [2.24, 2.45) is 35.0 Å². The lowest BCUT2D eigenvalue weighted by atomic mass is 9.62. The predicted octanol–water partition coefficient (Wildman–Crippen LogP) is 5.30. The second-order valence-electron chi connectivity index (χ2n) is 9.49. The van der Waals surface area contributed by atoms with Crippen molar-refractivity contribution in [2.75, 3.05) is 6.61 Å². The SMILES string of the molecule is CCCCC1C(COC(=O)C2CCC(C)CC2C(=O)O)CCCC1(C)C. The second kappa shape index (κ2) is 9.23. The molecule has 2 fully saturated rings. The van der Waals surface area contributed by atoms with E-state index in [0.717, 1.165) is 12.8 Å². The summed E-state index contributed by atoms with van der Waals surface area (Å²) in [5.74, 6) is -0.789. The van der Waals surface area contributed by atoms with Crippen LogP contribution in [0.1, 0.15) is 85.5 Å². The Kier molecular flexibility index (Phi) is 7.54.